The lowest BCUT2D eigenvalue weighted by Crippen LogP contribution is -2.37. The molecule has 3 rings (SSSR count). The van der Waals surface area contributed by atoms with Gasteiger partial charge in [0.05, 0.1) is 5.41 Å². The first-order chi connectivity index (χ1) is 16.2. The first-order valence-corrected chi connectivity index (χ1v) is 11.9. The van der Waals surface area contributed by atoms with Gasteiger partial charge in [-0.3, -0.25) is 4.79 Å². The Labute approximate surface area is 197 Å². The van der Waals surface area contributed by atoms with E-state index in [0.29, 0.717) is 26.2 Å². The van der Waals surface area contributed by atoms with E-state index >= 15 is 0 Å². The van der Waals surface area contributed by atoms with Crippen molar-refractivity contribution in [3.05, 3.63) is 108 Å². The lowest BCUT2D eigenvalue weighted by Gasteiger charge is -2.35. The molecule has 0 aliphatic carbocycles. The van der Waals surface area contributed by atoms with Crippen molar-refractivity contribution in [1.29, 1.82) is 0 Å². The fourth-order valence-corrected chi connectivity index (χ4v) is 4.36. The van der Waals surface area contributed by atoms with Crippen molar-refractivity contribution < 1.29 is 14.3 Å². The molecule has 3 aromatic rings. The van der Waals surface area contributed by atoms with Crippen molar-refractivity contribution in [2.45, 2.75) is 44.8 Å². The minimum Gasteiger partial charge on any atom is -0.356 e. The molecule has 0 unspecified atom stereocenters. The Balaban J connectivity index is 1.83. The highest BCUT2D eigenvalue weighted by atomic mass is 16.7. The fourth-order valence-electron chi connectivity index (χ4n) is 4.36. The van der Waals surface area contributed by atoms with Gasteiger partial charge in [0.25, 0.3) is 0 Å². The van der Waals surface area contributed by atoms with Gasteiger partial charge in [-0.2, -0.15) is 0 Å². The van der Waals surface area contributed by atoms with E-state index in [0.717, 1.165) is 29.5 Å². The quantitative estimate of drug-likeness (QED) is 0.208. The average molecular weight is 446 g/mol. The molecule has 4 nitrogen and oxygen atoms in total. The summed E-state index contributed by atoms with van der Waals surface area (Å²) in [5, 5.41) is 3.14. The molecule has 0 aliphatic heterocycles. The van der Waals surface area contributed by atoms with Crippen molar-refractivity contribution in [2.24, 2.45) is 0 Å². The number of nitrogens with one attached hydrogen (secondary N) is 1. The third kappa shape index (κ3) is 6.53. The predicted molar refractivity (Wildman–Crippen MR) is 133 cm³/mol. The van der Waals surface area contributed by atoms with Crippen molar-refractivity contribution in [3.8, 4) is 0 Å². The summed E-state index contributed by atoms with van der Waals surface area (Å²) in [6.45, 7) is 5.74. The molecule has 0 radical (unpaired) electrons. The molecule has 0 heterocycles. The van der Waals surface area contributed by atoms with Crippen molar-refractivity contribution >= 4 is 5.91 Å². The van der Waals surface area contributed by atoms with Gasteiger partial charge in [0.2, 0.25) is 5.91 Å². The van der Waals surface area contributed by atoms with Crippen LogP contribution in [0.15, 0.2) is 91.0 Å². The van der Waals surface area contributed by atoms with Gasteiger partial charge in [0.1, 0.15) is 0 Å². The Morgan fingerprint density at radius 2 is 1.18 bits per heavy atom. The van der Waals surface area contributed by atoms with Crippen LogP contribution in [0.25, 0.3) is 0 Å². The lowest BCUT2D eigenvalue weighted by atomic mass is 9.67. The summed E-state index contributed by atoms with van der Waals surface area (Å²) in [6.07, 6.45) is 1.66. The number of hydrogen-bond donors (Lipinski definition) is 1. The Kier molecular flexibility index (Phi) is 9.67. The van der Waals surface area contributed by atoms with E-state index in [1.165, 1.54) is 0 Å². The fraction of sp³-hybridized carbons (Fsp3) is 0.345. The molecule has 3 aromatic carbocycles. The third-order valence-electron chi connectivity index (χ3n) is 5.87. The summed E-state index contributed by atoms with van der Waals surface area (Å²) in [5.74, 6) is 0.0240. The highest BCUT2D eigenvalue weighted by molar-refractivity contribution is 5.80. The first-order valence-electron chi connectivity index (χ1n) is 11.9. The molecule has 0 fully saturated rings. The number of carbonyl (C=O) groups excluding carboxylic acids is 1. The zero-order chi connectivity index (χ0) is 23.4. The van der Waals surface area contributed by atoms with Crippen LogP contribution >= 0.6 is 0 Å². The smallest absolute Gasteiger partial charge is 0.221 e. The van der Waals surface area contributed by atoms with Gasteiger partial charge in [0, 0.05) is 32.6 Å². The van der Waals surface area contributed by atoms with Gasteiger partial charge in [-0.15, -0.1) is 0 Å². The van der Waals surface area contributed by atoms with E-state index in [1.807, 2.05) is 68.4 Å². The molecule has 0 aromatic heterocycles. The summed E-state index contributed by atoms with van der Waals surface area (Å²) in [5.41, 5.74) is 2.73. The summed E-state index contributed by atoms with van der Waals surface area (Å²) in [6, 6.07) is 30.9. The van der Waals surface area contributed by atoms with E-state index in [1.54, 1.807) is 0 Å². The van der Waals surface area contributed by atoms with Crippen LogP contribution in [0.2, 0.25) is 0 Å². The van der Waals surface area contributed by atoms with Crippen molar-refractivity contribution in [3.63, 3.8) is 0 Å². The molecule has 0 spiro atoms. The maximum Gasteiger partial charge on any atom is 0.221 e. The van der Waals surface area contributed by atoms with E-state index in [-0.39, 0.29) is 12.2 Å². The zero-order valence-corrected chi connectivity index (χ0v) is 19.7. The van der Waals surface area contributed by atoms with Crippen LogP contribution in [-0.2, 0) is 19.7 Å². The number of rotatable bonds is 13. The van der Waals surface area contributed by atoms with Gasteiger partial charge in [-0.05, 0) is 37.0 Å². The molecular formula is C29H35NO3. The number of ether oxygens (including phenoxy) is 2. The lowest BCUT2D eigenvalue weighted by molar-refractivity contribution is -0.140. The largest absolute Gasteiger partial charge is 0.356 e. The van der Waals surface area contributed by atoms with Crippen LogP contribution in [0.3, 0.4) is 0 Å². The molecule has 4 heteroatoms. The molecular weight excluding hydrogens is 410 g/mol. The molecule has 0 bridgehead atoms. The first kappa shape index (κ1) is 24.7. The predicted octanol–water partition coefficient (Wildman–Crippen LogP) is 5.71. The van der Waals surface area contributed by atoms with E-state index < -0.39 is 5.41 Å². The molecule has 0 saturated heterocycles. The summed E-state index contributed by atoms with van der Waals surface area (Å²) < 4.78 is 11.2. The number of benzene rings is 3. The minimum atomic E-state index is -0.576. The van der Waals surface area contributed by atoms with Crippen LogP contribution in [0, 0.1) is 0 Å². The van der Waals surface area contributed by atoms with Crippen molar-refractivity contribution in [1.82, 2.24) is 5.32 Å². The maximum atomic E-state index is 13.3. The van der Waals surface area contributed by atoms with E-state index in [4.69, 9.17) is 9.47 Å². The number of carbonyl (C=O) groups is 1. The number of amides is 1. The SMILES string of the molecule is CCOC(CCCNC(=O)CC(c1ccccc1)(c1ccccc1)c1ccccc1)OCC. The van der Waals surface area contributed by atoms with Gasteiger partial charge in [-0.25, -0.2) is 0 Å². The Morgan fingerprint density at radius 3 is 1.58 bits per heavy atom. The Bertz CT molecular complexity index is 842. The molecule has 0 saturated carbocycles. The molecule has 0 aliphatic rings. The van der Waals surface area contributed by atoms with Gasteiger partial charge in [-0.1, -0.05) is 91.0 Å². The second kappa shape index (κ2) is 12.9. The Morgan fingerprint density at radius 1 is 0.758 bits per heavy atom. The number of hydrogen-bond acceptors (Lipinski definition) is 3. The van der Waals surface area contributed by atoms with Crippen LogP contribution in [0.4, 0.5) is 0 Å². The summed E-state index contributed by atoms with van der Waals surface area (Å²) >= 11 is 0. The van der Waals surface area contributed by atoms with Crippen LogP contribution in [0.5, 0.6) is 0 Å². The van der Waals surface area contributed by atoms with E-state index in [2.05, 4.69) is 41.7 Å². The molecule has 1 N–H and O–H groups in total. The second-order valence-electron chi connectivity index (χ2n) is 8.01. The highest BCUT2D eigenvalue weighted by Gasteiger charge is 2.38. The van der Waals surface area contributed by atoms with Gasteiger partial charge in [0.15, 0.2) is 6.29 Å². The van der Waals surface area contributed by atoms with Gasteiger partial charge >= 0.3 is 0 Å². The molecule has 33 heavy (non-hydrogen) atoms. The van der Waals surface area contributed by atoms with Crippen LogP contribution < -0.4 is 5.32 Å². The summed E-state index contributed by atoms with van der Waals surface area (Å²) in [4.78, 5) is 13.3. The third-order valence-corrected chi connectivity index (χ3v) is 5.87. The highest BCUT2D eigenvalue weighted by Crippen LogP contribution is 2.42. The van der Waals surface area contributed by atoms with Crippen LogP contribution in [0.1, 0.15) is 49.8 Å². The maximum absolute atomic E-state index is 13.3. The normalized spacial score (nSPS) is 11.5. The Hall–Kier alpha value is -2.95. The molecule has 0 atom stereocenters. The molecule has 174 valence electrons. The van der Waals surface area contributed by atoms with Gasteiger partial charge < -0.3 is 14.8 Å². The van der Waals surface area contributed by atoms with Crippen molar-refractivity contribution in [2.75, 3.05) is 19.8 Å². The average Bonchev–Trinajstić information content (AvgIpc) is 2.87. The molecule has 1 amide bonds. The standard InChI is InChI=1S/C29H35NO3/c1-3-32-28(33-4-2)21-14-22-30-27(31)23-29(24-15-8-5-9-16-24,25-17-10-6-11-18-25)26-19-12-7-13-20-26/h5-13,15-20,28H,3-4,14,21-23H2,1-2H3,(H,30,31). The zero-order valence-electron chi connectivity index (χ0n) is 19.7. The minimum absolute atomic E-state index is 0.0240. The van der Waals surface area contributed by atoms with Crippen LogP contribution in [-0.4, -0.2) is 32.0 Å². The second-order valence-corrected chi connectivity index (χ2v) is 8.01. The van der Waals surface area contributed by atoms with E-state index in [9.17, 15) is 4.79 Å². The summed E-state index contributed by atoms with van der Waals surface area (Å²) in [7, 11) is 0. The monoisotopic (exact) mass is 445 g/mol. The topological polar surface area (TPSA) is 47.6 Å².